The fraction of sp³-hybridized carbons (Fsp3) is 0.346. The van der Waals surface area contributed by atoms with Crippen molar-refractivity contribution in [3.63, 3.8) is 0 Å². The second-order valence-electron chi connectivity index (χ2n) is 8.37. The summed E-state index contributed by atoms with van der Waals surface area (Å²) in [6.45, 7) is 4.94. The first-order valence-corrected chi connectivity index (χ1v) is 12.6. The van der Waals surface area contributed by atoms with Gasteiger partial charge < -0.3 is 9.30 Å². The number of carbonyl (C=O) groups is 1. The molecule has 0 aliphatic heterocycles. The summed E-state index contributed by atoms with van der Waals surface area (Å²) in [5.41, 5.74) is 3.56. The normalized spacial score (nSPS) is 11.7. The van der Waals surface area contributed by atoms with Gasteiger partial charge in [0.15, 0.2) is 11.4 Å². The predicted molar refractivity (Wildman–Crippen MR) is 133 cm³/mol. The zero-order valence-corrected chi connectivity index (χ0v) is 19.9. The molecule has 1 aromatic carbocycles. The third kappa shape index (κ3) is 4.13. The second kappa shape index (κ2) is 9.35. The number of aromatic nitrogens is 4. The van der Waals surface area contributed by atoms with E-state index in [0.717, 1.165) is 65.6 Å². The average molecular weight is 461 g/mol. The van der Waals surface area contributed by atoms with Crippen LogP contribution >= 0.6 is 11.3 Å². The minimum Gasteiger partial charge on any atom is -0.424 e. The zero-order chi connectivity index (χ0) is 22.8. The molecule has 33 heavy (non-hydrogen) atoms. The zero-order valence-electron chi connectivity index (χ0n) is 19.1. The minimum absolute atomic E-state index is 0.212. The largest absolute Gasteiger partial charge is 0.424 e. The maximum absolute atomic E-state index is 12.6. The van der Waals surface area contributed by atoms with Gasteiger partial charge >= 0.3 is 5.97 Å². The Labute approximate surface area is 196 Å². The molecule has 0 radical (unpaired) electrons. The highest BCUT2D eigenvalue weighted by Gasteiger charge is 2.22. The van der Waals surface area contributed by atoms with Gasteiger partial charge in [-0.2, -0.15) is 0 Å². The Hall–Kier alpha value is -3.19. The number of benzene rings is 1. The summed E-state index contributed by atoms with van der Waals surface area (Å²) in [5, 5.41) is 2.87. The number of hydrogen-bond donors (Lipinski definition) is 0. The molecule has 0 amide bonds. The number of fused-ring (bicyclic) bond motifs is 5. The van der Waals surface area contributed by atoms with Crippen LogP contribution in [0.5, 0.6) is 5.75 Å². The Kier molecular flexibility index (Phi) is 6.13. The molecule has 0 aliphatic carbocycles. The molecule has 0 N–H and O–H groups in total. The van der Waals surface area contributed by atoms with Crippen LogP contribution in [-0.2, 0) is 17.8 Å². The molecule has 0 spiro atoms. The van der Waals surface area contributed by atoms with E-state index in [-0.39, 0.29) is 5.97 Å². The number of thiophene rings is 1. The van der Waals surface area contributed by atoms with E-state index in [4.69, 9.17) is 14.7 Å². The molecule has 5 aromatic rings. The van der Waals surface area contributed by atoms with Crippen molar-refractivity contribution in [2.24, 2.45) is 0 Å². The molecular weight excluding hydrogens is 432 g/mol. The standard InChI is InChI=1S/C26H28N4O2S/c1-3-5-13-22-28-25-24(26-27-19-11-7-8-12-20(19)30(22)26)21(32-23(31)14-6-4-2)17-29(25)16-18-10-9-15-33-18/h7-12,15,17H,3-6,13-14,16H2,1-2H3. The molecule has 0 fully saturated rings. The van der Waals surface area contributed by atoms with Crippen molar-refractivity contribution < 1.29 is 9.53 Å². The Bertz CT molecular complexity index is 1420. The summed E-state index contributed by atoms with van der Waals surface area (Å²) in [6, 6.07) is 12.3. The van der Waals surface area contributed by atoms with Crippen LogP contribution in [0.3, 0.4) is 0 Å². The van der Waals surface area contributed by atoms with Gasteiger partial charge in [0.25, 0.3) is 0 Å². The van der Waals surface area contributed by atoms with Crippen LogP contribution in [0.15, 0.2) is 48.0 Å². The van der Waals surface area contributed by atoms with Crippen LogP contribution in [-0.4, -0.2) is 24.9 Å². The molecule has 7 heteroatoms. The number of ether oxygens (including phenoxy) is 1. The van der Waals surface area contributed by atoms with Crippen LogP contribution in [0.2, 0.25) is 0 Å². The highest BCUT2D eigenvalue weighted by molar-refractivity contribution is 7.09. The van der Waals surface area contributed by atoms with E-state index in [1.165, 1.54) is 4.88 Å². The number of esters is 1. The Balaban J connectivity index is 1.75. The van der Waals surface area contributed by atoms with Crippen molar-refractivity contribution in [3.05, 3.63) is 58.7 Å². The van der Waals surface area contributed by atoms with Gasteiger partial charge in [-0.05, 0) is 36.4 Å². The third-order valence-electron chi connectivity index (χ3n) is 5.91. The minimum atomic E-state index is -0.212. The van der Waals surface area contributed by atoms with Gasteiger partial charge in [-0.15, -0.1) is 11.3 Å². The molecule has 4 heterocycles. The first-order valence-electron chi connectivity index (χ1n) is 11.7. The number of unbranched alkanes of at least 4 members (excludes halogenated alkanes) is 2. The van der Waals surface area contributed by atoms with Gasteiger partial charge in [-0.25, -0.2) is 9.97 Å². The van der Waals surface area contributed by atoms with E-state index in [0.29, 0.717) is 18.7 Å². The molecular formula is C26H28N4O2S. The number of nitrogens with zero attached hydrogens (tertiary/aromatic N) is 4. The van der Waals surface area contributed by atoms with Crippen LogP contribution in [0.4, 0.5) is 0 Å². The van der Waals surface area contributed by atoms with E-state index >= 15 is 0 Å². The maximum Gasteiger partial charge on any atom is 0.311 e. The first-order chi connectivity index (χ1) is 16.2. The summed E-state index contributed by atoms with van der Waals surface area (Å²) < 4.78 is 10.1. The Morgan fingerprint density at radius 2 is 1.88 bits per heavy atom. The fourth-order valence-electron chi connectivity index (χ4n) is 4.24. The van der Waals surface area contributed by atoms with Crippen LogP contribution < -0.4 is 4.74 Å². The highest BCUT2D eigenvalue weighted by Crippen LogP contribution is 2.34. The van der Waals surface area contributed by atoms with Crippen LogP contribution in [0.1, 0.15) is 56.7 Å². The molecule has 0 saturated heterocycles. The molecule has 4 aromatic heterocycles. The summed E-state index contributed by atoms with van der Waals surface area (Å²) in [7, 11) is 0. The van der Waals surface area contributed by atoms with Gasteiger partial charge in [0.1, 0.15) is 16.9 Å². The molecule has 5 rings (SSSR count). The van der Waals surface area contributed by atoms with Gasteiger partial charge in [-0.1, -0.05) is 44.9 Å². The van der Waals surface area contributed by atoms with Crippen molar-refractivity contribution in [3.8, 4) is 5.75 Å². The predicted octanol–water partition coefficient (Wildman–Crippen LogP) is 6.39. The lowest BCUT2D eigenvalue weighted by atomic mass is 10.2. The van der Waals surface area contributed by atoms with E-state index in [2.05, 4.69) is 46.4 Å². The summed E-state index contributed by atoms with van der Waals surface area (Å²) in [4.78, 5) is 23.9. The Morgan fingerprint density at radius 1 is 1.03 bits per heavy atom. The maximum atomic E-state index is 12.6. The number of imidazole rings is 1. The van der Waals surface area contributed by atoms with Gasteiger partial charge in [0.05, 0.1) is 17.6 Å². The highest BCUT2D eigenvalue weighted by atomic mass is 32.1. The van der Waals surface area contributed by atoms with Gasteiger partial charge in [-0.3, -0.25) is 9.20 Å². The lowest BCUT2D eigenvalue weighted by Gasteiger charge is -2.09. The van der Waals surface area contributed by atoms with Crippen molar-refractivity contribution in [1.82, 2.24) is 18.9 Å². The van der Waals surface area contributed by atoms with Gasteiger partial charge in [0, 0.05) is 23.9 Å². The number of para-hydroxylation sites is 2. The first kappa shape index (κ1) is 21.6. The van der Waals surface area contributed by atoms with Crippen molar-refractivity contribution in [2.75, 3.05) is 0 Å². The summed E-state index contributed by atoms with van der Waals surface area (Å²) >= 11 is 1.71. The van der Waals surface area contributed by atoms with Crippen LogP contribution in [0.25, 0.3) is 27.7 Å². The summed E-state index contributed by atoms with van der Waals surface area (Å²) in [5.74, 6) is 1.32. The monoisotopic (exact) mass is 460 g/mol. The van der Waals surface area contributed by atoms with E-state index in [1.807, 2.05) is 24.4 Å². The number of aryl methyl sites for hydroxylation is 1. The molecule has 170 valence electrons. The van der Waals surface area contributed by atoms with Crippen molar-refractivity contribution in [1.29, 1.82) is 0 Å². The molecule has 6 nitrogen and oxygen atoms in total. The van der Waals surface area contributed by atoms with Gasteiger partial charge in [0.2, 0.25) is 0 Å². The van der Waals surface area contributed by atoms with E-state index in [1.54, 1.807) is 11.3 Å². The molecule has 0 unspecified atom stereocenters. The topological polar surface area (TPSA) is 61.4 Å². The van der Waals surface area contributed by atoms with Crippen molar-refractivity contribution >= 4 is 45.0 Å². The lowest BCUT2D eigenvalue weighted by molar-refractivity contribution is -0.134. The molecule has 0 bridgehead atoms. The number of carbonyl (C=O) groups excluding carboxylic acids is 1. The third-order valence-corrected chi connectivity index (χ3v) is 6.77. The lowest BCUT2D eigenvalue weighted by Crippen LogP contribution is -2.07. The number of rotatable bonds is 9. The van der Waals surface area contributed by atoms with E-state index in [9.17, 15) is 4.79 Å². The SMILES string of the molecule is CCCCC(=O)Oc1cn(Cc2cccs2)c2nc(CCCC)n3c4ccccc4nc3c12. The quantitative estimate of drug-likeness (QED) is 0.239. The molecule has 0 aliphatic rings. The molecule has 0 saturated carbocycles. The average Bonchev–Trinajstić information content (AvgIpc) is 3.54. The van der Waals surface area contributed by atoms with Crippen molar-refractivity contribution in [2.45, 2.75) is 58.9 Å². The molecule has 0 atom stereocenters. The summed E-state index contributed by atoms with van der Waals surface area (Å²) in [6.07, 6.45) is 7.09. The fourth-order valence-corrected chi connectivity index (χ4v) is 4.95. The smallest absolute Gasteiger partial charge is 0.311 e. The Morgan fingerprint density at radius 3 is 2.67 bits per heavy atom. The number of hydrogen-bond acceptors (Lipinski definition) is 5. The van der Waals surface area contributed by atoms with E-state index < -0.39 is 0 Å². The second-order valence-corrected chi connectivity index (χ2v) is 9.40. The van der Waals surface area contributed by atoms with Crippen LogP contribution in [0, 0.1) is 0 Å².